The second kappa shape index (κ2) is 3.28. The Kier molecular flexibility index (Phi) is 2.01. The predicted octanol–water partition coefficient (Wildman–Crippen LogP) is 2.08. The maximum atomic E-state index is 5.62. The molecule has 82 valence electrons. The highest BCUT2D eigenvalue weighted by Gasteiger charge is 2.28. The molecule has 0 spiro atoms. The van der Waals surface area contributed by atoms with E-state index < -0.39 is 0 Å². The summed E-state index contributed by atoms with van der Waals surface area (Å²) in [4.78, 5) is 5.10. The minimum Gasteiger partial charge on any atom is -0.389 e. The van der Waals surface area contributed by atoms with Gasteiger partial charge in [0.25, 0.3) is 0 Å². The van der Waals surface area contributed by atoms with Gasteiger partial charge in [0.15, 0.2) is 0 Å². The Morgan fingerprint density at radius 1 is 1.50 bits per heavy atom. The van der Waals surface area contributed by atoms with Gasteiger partial charge in [-0.05, 0) is 31.0 Å². The van der Waals surface area contributed by atoms with Crippen LogP contribution < -0.4 is 5.73 Å². The van der Waals surface area contributed by atoms with Crippen LogP contribution in [0.5, 0.6) is 0 Å². The zero-order valence-corrected chi connectivity index (χ0v) is 9.92. The number of imidazole rings is 1. The summed E-state index contributed by atoms with van der Waals surface area (Å²) < 4.78 is 2.18. The molecule has 1 aliphatic rings. The number of benzene rings is 1. The lowest BCUT2D eigenvalue weighted by atomic mass is 10.2. The van der Waals surface area contributed by atoms with Crippen molar-refractivity contribution in [3.63, 3.8) is 0 Å². The first-order valence-corrected chi connectivity index (χ1v) is 5.84. The van der Waals surface area contributed by atoms with Gasteiger partial charge in [-0.25, -0.2) is 4.98 Å². The summed E-state index contributed by atoms with van der Waals surface area (Å²) in [6, 6.07) is 5.98. The summed E-state index contributed by atoms with van der Waals surface area (Å²) in [7, 11) is 2.07. The molecule has 0 atom stereocenters. The first kappa shape index (κ1) is 9.78. The van der Waals surface area contributed by atoms with Crippen LogP contribution in [0.2, 0.25) is 0 Å². The number of thiocarbonyl (C=S) groups is 1. The van der Waals surface area contributed by atoms with Gasteiger partial charge in [-0.3, -0.25) is 0 Å². The van der Waals surface area contributed by atoms with Crippen LogP contribution in [0, 0.1) is 0 Å². The average molecular weight is 231 g/mol. The fraction of sp³-hybridized carbons (Fsp3) is 0.333. The molecule has 1 aromatic carbocycles. The highest BCUT2D eigenvalue weighted by Crippen LogP contribution is 2.40. The topological polar surface area (TPSA) is 43.8 Å². The maximum absolute atomic E-state index is 5.62. The maximum Gasteiger partial charge on any atom is 0.112 e. The van der Waals surface area contributed by atoms with Crippen molar-refractivity contribution < 1.29 is 0 Å². The van der Waals surface area contributed by atoms with Crippen molar-refractivity contribution in [3.05, 3.63) is 29.6 Å². The standard InChI is InChI=1S/C12H13N3S/c1-15-10-5-4-8(11(13)16)6-9(10)14-12(15)7-2-3-7/h4-7H,2-3H2,1H3,(H2,13,16). The predicted molar refractivity (Wildman–Crippen MR) is 68.6 cm³/mol. The number of rotatable bonds is 2. The number of hydrogen-bond donors (Lipinski definition) is 1. The Labute approximate surface area is 99.3 Å². The molecule has 2 N–H and O–H groups in total. The first-order chi connectivity index (χ1) is 7.66. The van der Waals surface area contributed by atoms with Gasteiger partial charge >= 0.3 is 0 Å². The third-order valence-electron chi connectivity index (χ3n) is 3.14. The van der Waals surface area contributed by atoms with E-state index in [-0.39, 0.29) is 0 Å². The van der Waals surface area contributed by atoms with Crippen LogP contribution in [0.1, 0.15) is 30.1 Å². The van der Waals surface area contributed by atoms with Crippen molar-refractivity contribution in [2.45, 2.75) is 18.8 Å². The normalized spacial score (nSPS) is 15.6. The molecule has 3 rings (SSSR count). The fourth-order valence-corrected chi connectivity index (χ4v) is 2.21. The molecule has 1 heterocycles. The summed E-state index contributed by atoms with van der Waals surface area (Å²) in [6.45, 7) is 0. The Balaban J connectivity index is 2.20. The quantitative estimate of drug-likeness (QED) is 0.805. The summed E-state index contributed by atoms with van der Waals surface area (Å²) in [5.74, 6) is 1.85. The van der Waals surface area contributed by atoms with Gasteiger partial charge in [0.1, 0.15) is 10.8 Å². The first-order valence-electron chi connectivity index (χ1n) is 5.43. The third kappa shape index (κ3) is 1.41. The largest absolute Gasteiger partial charge is 0.389 e. The molecule has 0 aliphatic heterocycles. The molecule has 16 heavy (non-hydrogen) atoms. The van der Waals surface area contributed by atoms with E-state index >= 15 is 0 Å². The third-order valence-corrected chi connectivity index (χ3v) is 3.38. The molecule has 0 bridgehead atoms. The zero-order chi connectivity index (χ0) is 11.3. The molecule has 1 saturated carbocycles. The summed E-state index contributed by atoms with van der Waals surface area (Å²) >= 11 is 4.97. The van der Waals surface area contributed by atoms with Gasteiger partial charge in [0.05, 0.1) is 11.0 Å². The second-order valence-corrected chi connectivity index (χ2v) is 4.81. The van der Waals surface area contributed by atoms with Gasteiger partial charge in [-0.1, -0.05) is 12.2 Å². The van der Waals surface area contributed by atoms with E-state index in [2.05, 4.69) is 16.6 Å². The minimum absolute atomic E-state index is 0.431. The SMILES string of the molecule is Cn1c(C2CC2)nc2cc(C(N)=S)ccc21. The number of hydrogen-bond acceptors (Lipinski definition) is 2. The van der Waals surface area contributed by atoms with Crippen molar-refractivity contribution in [2.24, 2.45) is 12.8 Å². The minimum atomic E-state index is 0.431. The van der Waals surface area contributed by atoms with E-state index in [0.29, 0.717) is 10.9 Å². The van der Waals surface area contributed by atoms with Crippen molar-refractivity contribution in [1.29, 1.82) is 0 Å². The lowest BCUT2D eigenvalue weighted by Crippen LogP contribution is -2.08. The van der Waals surface area contributed by atoms with Crippen molar-refractivity contribution in [2.75, 3.05) is 0 Å². The molecule has 1 aliphatic carbocycles. The molecule has 4 heteroatoms. The van der Waals surface area contributed by atoms with Crippen molar-refractivity contribution in [1.82, 2.24) is 9.55 Å². The van der Waals surface area contributed by atoms with Crippen LogP contribution in [-0.2, 0) is 7.05 Å². The lowest BCUT2D eigenvalue weighted by Gasteiger charge is -2.00. The Morgan fingerprint density at radius 2 is 2.25 bits per heavy atom. The van der Waals surface area contributed by atoms with E-state index in [4.69, 9.17) is 18.0 Å². The van der Waals surface area contributed by atoms with E-state index in [1.807, 2.05) is 18.2 Å². The molecule has 0 amide bonds. The number of fused-ring (bicyclic) bond motifs is 1. The van der Waals surface area contributed by atoms with Crippen LogP contribution >= 0.6 is 12.2 Å². The summed E-state index contributed by atoms with van der Waals surface area (Å²) in [6.07, 6.45) is 2.53. The Hall–Kier alpha value is -1.42. The van der Waals surface area contributed by atoms with Gasteiger partial charge < -0.3 is 10.3 Å². The molecule has 0 unspecified atom stereocenters. The van der Waals surface area contributed by atoms with Crippen LogP contribution in [0.4, 0.5) is 0 Å². The average Bonchev–Trinajstić information content (AvgIpc) is 3.04. The molecule has 1 aromatic heterocycles. The van der Waals surface area contributed by atoms with E-state index in [1.54, 1.807) is 0 Å². The Bertz CT molecular complexity index is 581. The molecule has 3 nitrogen and oxygen atoms in total. The lowest BCUT2D eigenvalue weighted by molar-refractivity contribution is 0.820. The second-order valence-electron chi connectivity index (χ2n) is 4.37. The number of aryl methyl sites for hydroxylation is 1. The van der Waals surface area contributed by atoms with E-state index in [0.717, 1.165) is 16.6 Å². The highest BCUT2D eigenvalue weighted by atomic mass is 32.1. The van der Waals surface area contributed by atoms with Crippen molar-refractivity contribution in [3.8, 4) is 0 Å². The van der Waals surface area contributed by atoms with Gasteiger partial charge in [-0.15, -0.1) is 0 Å². The molecule has 0 radical (unpaired) electrons. The number of aromatic nitrogens is 2. The highest BCUT2D eigenvalue weighted by molar-refractivity contribution is 7.80. The fourth-order valence-electron chi connectivity index (χ4n) is 2.08. The van der Waals surface area contributed by atoms with Crippen molar-refractivity contribution >= 4 is 28.2 Å². The van der Waals surface area contributed by atoms with Crippen LogP contribution in [-0.4, -0.2) is 14.5 Å². The van der Waals surface area contributed by atoms with Crippen LogP contribution in [0.15, 0.2) is 18.2 Å². The molecule has 0 saturated heterocycles. The van der Waals surface area contributed by atoms with E-state index in [9.17, 15) is 0 Å². The smallest absolute Gasteiger partial charge is 0.112 e. The van der Waals surface area contributed by atoms with Gasteiger partial charge in [0.2, 0.25) is 0 Å². The summed E-state index contributed by atoms with van der Waals surface area (Å²) in [5, 5.41) is 0. The Morgan fingerprint density at radius 3 is 2.88 bits per heavy atom. The van der Waals surface area contributed by atoms with Crippen LogP contribution in [0.3, 0.4) is 0 Å². The number of nitrogens with two attached hydrogens (primary N) is 1. The van der Waals surface area contributed by atoms with Gasteiger partial charge in [-0.2, -0.15) is 0 Å². The molecular formula is C12H13N3S. The number of nitrogens with zero attached hydrogens (tertiary/aromatic N) is 2. The molecule has 2 aromatic rings. The summed E-state index contributed by atoms with van der Waals surface area (Å²) in [5.41, 5.74) is 8.66. The van der Waals surface area contributed by atoms with Gasteiger partial charge in [0, 0.05) is 18.5 Å². The van der Waals surface area contributed by atoms with Crippen LogP contribution in [0.25, 0.3) is 11.0 Å². The molecule has 1 fully saturated rings. The molecular weight excluding hydrogens is 218 g/mol. The monoisotopic (exact) mass is 231 g/mol. The van der Waals surface area contributed by atoms with E-state index in [1.165, 1.54) is 18.7 Å². The zero-order valence-electron chi connectivity index (χ0n) is 9.10.